The molecular formula is C19H18ClF3N2O2. The second kappa shape index (κ2) is 8.43. The van der Waals surface area contributed by atoms with Gasteiger partial charge >= 0.3 is 6.18 Å². The average Bonchev–Trinajstić information content (AvgIpc) is 2.60. The molecule has 2 rings (SSSR count). The standard InChI is InChI=1S/C19H18ClF3N2O2/c1-11(2)10-24-17(26)12-4-3-5-13(8-12)18(27)25-16-9-14(19(21,22)23)6-7-15(16)20/h3-9,11H,10H2,1-2H3,(H,24,26)(H,25,27). The second-order valence-electron chi connectivity index (χ2n) is 6.33. The molecule has 0 bridgehead atoms. The number of benzene rings is 2. The van der Waals surface area contributed by atoms with Crippen molar-refractivity contribution in [2.45, 2.75) is 20.0 Å². The molecule has 0 heterocycles. The lowest BCUT2D eigenvalue weighted by Crippen LogP contribution is -2.27. The molecule has 0 aliphatic heterocycles. The molecule has 4 nitrogen and oxygen atoms in total. The second-order valence-corrected chi connectivity index (χ2v) is 6.74. The van der Waals surface area contributed by atoms with E-state index >= 15 is 0 Å². The number of carbonyl (C=O) groups is 2. The molecule has 8 heteroatoms. The summed E-state index contributed by atoms with van der Waals surface area (Å²) in [4.78, 5) is 24.5. The summed E-state index contributed by atoms with van der Waals surface area (Å²) in [7, 11) is 0. The molecule has 27 heavy (non-hydrogen) atoms. The van der Waals surface area contributed by atoms with Crippen LogP contribution in [0.1, 0.15) is 40.1 Å². The predicted octanol–water partition coefficient (Wildman–Crippen LogP) is 5.00. The van der Waals surface area contributed by atoms with E-state index in [2.05, 4.69) is 10.6 Å². The Morgan fingerprint density at radius 3 is 2.26 bits per heavy atom. The van der Waals surface area contributed by atoms with Crippen molar-refractivity contribution in [2.75, 3.05) is 11.9 Å². The van der Waals surface area contributed by atoms with Gasteiger partial charge in [-0.25, -0.2) is 0 Å². The van der Waals surface area contributed by atoms with Crippen LogP contribution < -0.4 is 10.6 Å². The molecular weight excluding hydrogens is 381 g/mol. The minimum atomic E-state index is -4.56. The van der Waals surface area contributed by atoms with Crippen LogP contribution in [-0.4, -0.2) is 18.4 Å². The van der Waals surface area contributed by atoms with Gasteiger partial charge in [0.2, 0.25) is 0 Å². The van der Waals surface area contributed by atoms with Gasteiger partial charge in [0.25, 0.3) is 11.8 Å². The molecule has 0 fully saturated rings. The first-order valence-electron chi connectivity index (χ1n) is 8.14. The first-order valence-corrected chi connectivity index (χ1v) is 8.52. The maximum absolute atomic E-state index is 12.8. The first-order chi connectivity index (χ1) is 12.6. The Morgan fingerprint density at radius 1 is 1.04 bits per heavy atom. The highest BCUT2D eigenvalue weighted by molar-refractivity contribution is 6.34. The van der Waals surface area contributed by atoms with Crippen LogP contribution in [0.3, 0.4) is 0 Å². The summed E-state index contributed by atoms with van der Waals surface area (Å²) in [6, 6.07) is 8.55. The van der Waals surface area contributed by atoms with Crippen molar-refractivity contribution in [1.29, 1.82) is 0 Å². The number of hydrogen-bond donors (Lipinski definition) is 2. The smallest absolute Gasteiger partial charge is 0.352 e. The number of alkyl halides is 3. The lowest BCUT2D eigenvalue weighted by molar-refractivity contribution is -0.137. The molecule has 0 spiro atoms. The molecule has 0 aliphatic carbocycles. The summed E-state index contributed by atoms with van der Waals surface area (Å²) < 4.78 is 38.5. The third-order valence-electron chi connectivity index (χ3n) is 3.60. The van der Waals surface area contributed by atoms with Gasteiger partial charge in [-0.2, -0.15) is 13.2 Å². The predicted molar refractivity (Wildman–Crippen MR) is 98.0 cm³/mol. The largest absolute Gasteiger partial charge is 0.416 e. The van der Waals surface area contributed by atoms with Crippen molar-refractivity contribution in [3.63, 3.8) is 0 Å². The highest BCUT2D eigenvalue weighted by atomic mass is 35.5. The van der Waals surface area contributed by atoms with E-state index in [9.17, 15) is 22.8 Å². The quantitative estimate of drug-likeness (QED) is 0.744. The van der Waals surface area contributed by atoms with E-state index in [1.165, 1.54) is 18.2 Å². The molecule has 0 aliphatic rings. The first kappa shape index (κ1) is 20.8. The van der Waals surface area contributed by atoms with E-state index in [4.69, 9.17) is 11.6 Å². The van der Waals surface area contributed by atoms with Crippen molar-refractivity contribution in [2.24, 2.45) is 5.92 Å². The van der Waals surface area contributed by atoms with E-state index in [-0.39, 0.29) is 33.7 Å². The molecule has 2 aromatic carbocycles. The fourth-order valence-electron chi connectivity index (χ4n) is 2.19. The van der Waals surface area contributed by atoms with Crippen LogP contribution in [-0.2, 0) is 6.18 Å². The topological polar surface area (TPSA) is 58.2 Å². The lowest BCUT2D eigenvalue weighted by atomic mass is 10.1. The highest BCUT2D eigenvalue weighted by Crippen LogP contribution is 2.34. The molecule has 144 valence electrons. The summed E-state index contributed by atoms with van der Waals surface area (Å²) in [6.07, 6.45) is -4.56. The normalized spacial score (nSPS) is 11.4. The van der Waals surface area contributed by atoms with E-state index in [1.54, 1.807) is 6.07 Å². The molecule has 0 atom stereocenters. The number of rotatable bonds is 5. The van der Waals surface area contributed by atoms with E-state index in [0.29, 0.717) is 6.54 Å². The van der Waals surface area contributed by atoms with Crippen molar-refractivity contribution in [3.8, 4) is 0 Å². The van der Waals surface area contributed by atoms with Crippen LogP contribution in [0.15, 0.2) is 42.5 Å². The van der Waals surface area contributed by atoms with Gasteiger partial charge in [-0.15, -0.1) is 0 Å². The number of halogens is 4. The van der Waals surface area contributed by atoms with Crippen LogP contribution in [0.2, 0.25) is 5.02 Å². The number of amides is 2. The van der Waals surface area contributed by atoms with E-state index in [1.807, 2.05) is 13.8 Å². The Bertz CT molecular complexity index is 851. The summed E-state index contributed by atoms with van der Waals surface area (Å²) in [5.74, 6) is -0.742. The molecule has 0 aromatic heterocycles. The number of nitrogens with one attached hydrogen (secondary N) is 2. The van der Waals surface area contributed by atoms with Crippen molar-refractivity contribution in [1.82, 2.24) is 5.32 Å². The van der Waals surface area contributed by atoms with Crippen LogP contribution in [0, 0.1) is 5.92 Å². The van der Waals surface area contributed by atoms with Crippen molar-refractivity contribution < 1.29 is 22.8 Å². The SMILES string of the molecule is CC(C)CNC(=O)c1cccc(C(=O)Nc2cc(C(F)(F)F)ccc2Cl)c1. The molecule has 0 radical (unpaired) electrons. The van der Waals surface area contributed by atoms with E-state index < -0.39 is 17.6 Å². The zero-order valence-corrected chi connectivity index (χ0v) is 15.4. The van der Waals surface area contributed by atoms with Gasteiger partial charge in [0, 0.05) is 17.7 Å². The van der Waals surface area contributed by atoms with Crippen molar-refractivity contribution in [3.05, 3.63) is 64.2 Å². The Labute approximate surface area is 159 Å². The van der Waals surface area contributed by atoms with Crippen LogP contribution >= 0.6 is 11.6 Å². The Morgan fingerprint density at radius 2 is 1.67 bits per heavy atom. The molecule has 2 amide bonds. The minimum Gasteiger partial charge on any atom is -0.352 e. The van der Waals surface area contributed by atoms with Gasteiger partial charge < -0.3 is 10.6 Å². The third kappa shape index (κ3) is 5.72. The van der Waals surface area contributed by atoms with Gasteiger partial charge in [0.1, 0.15) is 0 Å². The molecule has 0 saturated heterocycles. The molecule has 0 saturated carbocycles. The average molecular weight is 399 g/mol. The molecule has 2 N–H and O–H groups in total. The summed E-state index contributed by atoms with van der Waals surface area (Å²) in [6.45, 7) is 4.38. The number of hydrogen-bond acceptors (Lipinski definition) is 2. The maximum Gasteiger partial charge on any atom is 0.416 e. The Hall–Kier alpha value is -2.54. The van der Waals surface area contributed by atoms with E-state index in [0.717, 1.165) is 18.2 Å². The minimum absolute atomic E-state index is 0.0258. The lowest BCUT2D eigenvalue weighted by Gasteiger charge is -2.12. The van der Waals surface area contributed by atoms with Gasteiger partial charge in [-0.3, -0.25) is 9.59 Å². The summed E-state index contributed by atoms with van der Waals surface area (Å²) >= 11 is 5.88. The van der Waals surface area contributed by atoms with Crippen LogP contribution in [0.4, 0.5) is 18.9 Å². The van der Waals surface area contributed by atoms with Crippen LogP contribution in [0.5, 0.6) is 0 Å². The van der Waals surface area contributed by atoms with Gasteiger partial charge in [-0.1, -0.05) is 31.5 Å². The summed E-state index contributed by atoms with van der Waals surface area (Å²) in [5, 5.41) is 5.06. The van der Waals surface area contributed by atoms with Gasteiger partial charge in [-0.05, 0) is 42.3 Å². The number of carbonyl (C=O) groups excluding carboxylic acids is 2. The summed E-state index contributed by atoms with van der Waals surface area (Å²) in [5.41, 5.74) is -0.686. The third-order valence-corrected chi connectivity index (χ3v) is 3.93. The number of anilines is 1. The van der Waals surface area contributed by atoms with Crippen LogP contribution in [0.25, 0.3) is 0 Å². The van der Waals surface area contributed by atoms with Crippen molar-refractivity contribution >= 4 is 29.1 Å². The Balaban J connectivity index is 2.19. The zero-order chi connectivity index (χ0) is 20.2. The highest BCUT2D eigenvalue weighted by Gasteiger charge is 2.31. The monoisotopic (exact) mass is 398 g/mol. The van der Waals surface area contributed by atoms with Gasteiger partial charge in [0.15, 0.2) is 0 Å². The maximum atomic E-state index is 12.8. The fourth-order valence-corrected chi connectivity index (χ4v) is 2.36. The van der Waals surface area contributed by atoms with Gasteiger partial charge in [0.05, 0.1) is 16.3 Å². The molecule has 2 aromatic rings. The zero-order valence-electron chi connectivity index (χ0n) is 14.7. The molecule has 0 unspecified atom stereocenters. The Kier molecular flexibility index (Phi) is 6.49. The fraction of sp³-hybridized carbons (Fsp3) is 0.263.